The highest BCUT2D eigenvalue weighted by Gasteiger charge is 2.33. The molecule has 20 heavy (non-hydrogen) atoms. The Labute approximate surface area is 123 Å². The average molecular weight is 275 g/mol. The molecule has 0 saturated carbocycles. The topological polar surface area (TPSA) is 21.3 Å². The van der Waals surface area contributed by atoms with Crippen molar-refractivity contribution in [2.24, 2.45) is 5.92 Å². The van der Waals surface area contributed by atoms with Crippen molar-refractivity contribution >= 4 is 0 Å². The molecule has 2 heteroatoms. The summed E-state index contributed by atoms with van der Waals surface area (Å²) in [6.45, 7) is 10.0. The Balaban J connectivity index is 2.22. The van der Waals surface area contributed by atoms with Crippen LogP contribution in [0.2, 0.25) is 0 Å². The van der Waals surface area contributed by atoms with E-state index in [1.807, 2.05) is 0 Å². The minimum atomic E-state index is 0.295. The maximum absolute atomic E-state index is 5.37. The lowest BCUT2D eigenvalue weighted by atomic mass is 9.71. The molecule has 0 bridgehead atoms. The molecule has 1 aromatic rings. The third-order valence-corrected chi connectivity index (χ3v) is 4.69. The van der Waals surface area contributed by atoms with E-state index in [0.717, 1.165) is 6.61 Å². The molecule has 2 rings (SSSR count). The van der Waals surface area contributed by atoms with Gasteiger partial charge in [0.2, 0.25) is 0 Å². The number of rotatable bonds is 5. The van der Waals surface area contributed by atoms with Gasteiger partial charge in [-0.05, 0) is 35.3 Å². The van der Waals surface area contributed by atoms with Crippen LogP contribution in [0.4, 0.5) is 0 Å². The Kier molecular flexibility index (Phi) is 4.87. The van der Waals surface area contributed by atoms with Gasteiger partial charge in [-0.25, -0.2) is 0 Å². The van der Waals surface area contributed by atoms with Crippen LogP contribution in [-0.2, 0) is 10.2 Å². The SMILES string of the molecule is COCC(NC1CCC(C)(C)c2ccccc21)C(C)C. The minimum absolute atomic E-state index is 0.295. The summed E-state index contributed by atoms with van der Waals surface area (Å²) in [6, 6.07) is 9.79. The lowest BCUT2D eigenvalue weighted by Gasteiger charge is -2.39. The van der Waals surface area contributed by atoms with Crippen LogP contribution in [0.3, 0.4) is 0 Å². The van der Waals surface area contributed by atoms with E-state index in [1.54, 1.807) is 7.11 Å². The normalized spacial score (nSPS) is 22.6. The van der Waals surface area contributed by atoms with Crippen LogP contribution in [0, 0.1) is 5.92 Å². The predicted molar refractivity (Wildman–Crippen MR) is 85.1 cm³/mol. The lowest BCUT2D eigenvalue weighted by molar-refractivity contribution is 0.136. The molecule has 0 radical (unpaired) electrons. The molecule has 0 aliphatic heterocycles. The van der Waals surface area contributed by atoms with Gasteiger partial charge in [-0.3, -0.25) is 0 Å². The summed E-state index contributed by atoms with van der Waals surface area (Å²) in [5, 5.41) is 3.83. The number of methoxy groups -OCH3 is 1. The quantitative estimate of drug-likeness (QED) is 0.875. The van der Waals surface area contributed by atoms with Crippen molar-refractivity contribution in [3.05, 3.63) is 35.4 Å². The Bertz CT molecular complexity index is 439. The number of hydrogen-bond donors (Lipinski definition) is 1. The van der Waals surface area contributed by atoms with Crippen LogP contribution in [0.25, 0.3) is 0 Å². The van der Waals surface area contributed by atoms with E-state index >= 15 is 0 Å². The summed E-state index contributed by atoms with van der Waals surface area (Å²) in [5.74, 6) is 0.581. The molecule has 0 heterocycles. The molecule has 1 aliphatic rings. The van der Waals surface area contributed by atoms with Crippen LogP contribution in [-0.4, -0.2) is 19.8 Å². The first-order chi connectivity index (χ1) is 9.45. The Morgan fingerprint density at radius 2 is 2.00 bits per heavy atom. The van der Waals surface area contributed by atoms with Crippen LogP contribution < -0.4 is 5.32 Å². The summed E-state index contributed by atoms with van der Waals surface area (Å²) < 4.78 is 5.37. The molecule has 1 aromatic carbocycles. The van der Waals surface area contributed by atoms with E-state index in [1.165, 1.54) is 24.0 Å². The minimum Gasteiger partial charge on any atom is -0.383 e. The molecule has 112 valence electrons. The zero-order valence-corrected chi connectivity index (χ0v) is 13.6. The molecule has 2 nitrogen and oxygen atoms in total. The molecule has 0 spiro atoms. The fourth-order valence-corrected chi connectivity index (χ4v) is 3.26. The van der Waals surface area contributed by atoms with Crippen LogP contribution >= 0.6 is 0 Å². The van der Waals surface area contributed by atoms with Crippen molar-refractivity contribution in [1.82, 2.24) is 5.32 Å². The molecule has 1 N–H and O–H groups in total. The first kappa shape index (κ1) is 15.5. The van der Waals surface area contributed by atoms with Gasteiger partial charge in [-0.1, -0.05) is 52.0 Å². The maximum Gasteiger partial charge on any atom is 0.0618 e. The van der Waals surface area contributed by atoms with Crippen molar-refractivity contribution in [3.8, 4) is 0 Å². The van der Waals surface area contributed by atoms with Crippen LogP contribution in [0.1, 0.15) is 57.7 Å². The summed E-state index contributed by atoms with van der Waals surface area (Å²) in [4.78, 5) is 0. The van der Waals surface area contributed by atoms with Crippen molar-refractivity contribution in [2.75, 3.05) is 13.7 Å². The third-order valence-electron chi connectivity index (χ3n) is 4.69. The third kappa shape index (κ3) is 3.24. The molecule has 2 atom stereocenters. The van der Waals surface area contributed by atoms with E-state index in [2.05, 4.69) is 57.3 Å². The van der Waals surface area contributed by atoms with Crippen LogP contribution in [0.15, 0.2) is 24.3 Å². The van der Waals surface area contributed by atoms with Gasteiger partial charge in [0.15, 0.2) is 0 Å². The fraction of sp³-hybridized carbons (Fsp3) is 0.667. The van der Waals surface area contributed by atoms with Gasteiger partial charge in [-0.15, -0.1) is 0 Å². The molecule has 2 unspecified atom stereocenters. The molecular weight excluding hydrogens is 246 g/mol. The summed E-state index contributed by atoms with van der Waals surface area (Å²) >= 11 is 0. The van der Waals surface area contributed by atoms with Crippen molar-refractivity contribution < 1.29 is 4.74 Å². The maximum atomic E-state index is 5.37. The monoisotopic (exact) mass is 275 g/mol. The standard InChI is InChI=1S/C18H29NO/c1-13(2)17(12-20-5)19-16-10-11-18(3,4)15-9-7-6-8-14(15)16/h6-9,13,16-17,19H,10-12H2,1-5H3. The lowest BCUT2D eigenvalue weighted by Crippen LogP contribution is -2.42. The second kappa shape index (κ2) is 6.28. The predicted octanol–water partition coefficient (Wildman–Crippen LogP) is 4.06. The van der Waals surface area contributed by atoms with Gasteiger partial charge >= 0.3 is 0 Å². The highest BCUT2D eigenvalue weighted by Crippen LogP contribution is 2.41. The highest BCUT2D eigenvalue weighted by atomic mass is 16.5. The Hall–Kier alpha value is -0.860. The van der Waals surface area contributed by atoms with Crippen molar-refractivity contribution in [1.29, 1.82) is 0 Å². The first-order valence-electron chi connectivity index (χ1n) is 7.80. The van der Waals surface area contributed by atoms with Crippen molar-refractivity contribution in [2.45, 2.75) is 58.0 Å². The zero-order chi connectivity index (χ0) is 14.8. The number of nitrogens with one attached hydrogen (secondary N) is 1. The number of fused-ring (bicyclic) bond motifs is 1. The molecule has 0 saturated heterocycles. The molecule has 0 fully saturated rings. The van der Waals surface area contributed by atoms with Gasteiger partial charge in [0, 0.05) is 19.2 Å². The van der Waals surface area contributed by atoms with E-state index in [-0.39, 0.29) is 0 Å². The summed E-state index contributed by atoms with van der Waals surface area (Å²) in [7, 11) is 1.79. The first-order valence-corrected chi connectivity index (χ1v) is 7.80. The van der Waals surface area contributed by atoms with Gasteiger partial charge < -0.3 is 10.1 Å². The van der Waals surface area contributed by atoms with E-state index in [0.29, 0.717) is 23.4 Å². The Morgan fingerprint density at radius 3 is 2.65 bits per heavy atom. The summed E-state index contributed by atoms with van der Waals surface area (Å²) in [6.07, 6.45) is 2.44. The molecule has 0 amide bonds. The summed E-state index contributed by atoms with van der Waals surface area (Å²) in [5.41, 5.74) is 3.28. The molecule has 1 aliphatic carbocycles. The number of hydrogen-bond acceptors (Lipinski definition) is 2. The van der Waals surface area contributed by atoms with E-state index in [9.17, 15) is 0 Å². The largest absolute Gasteiger partial charge is 0.383 e. The zero-order valence-electron chi connectivity index (χ0n) is 13.6. The van der Waals surface area contributed by atoms with E-state index < -0.39 is 0 Å². The smallest absolute Gasteiger partial charge is 0.0618 e. The van der Waals surface area contributed by atoms with Gasteiger partial charge in [-0.2, -0.15) is 0 Å². The highest BCUT2D eigenvalue weighted by molar-refractivity contribution is 5.38. The fourth-order valence-electron chi connectivity index (χ4n) is 3.26. The van der Waals surface area contributed by atoms with Gasteiger partial charge in [0.1, 0.15) is 0 Å². The second-order valence-electron chi connectivity index (χ2n) is 7.03. The molecular formula is C18H29NO. The molecule has 0 aromatic heterocycles. The second-order valence-corrected chi connectivity index (χ2v) is 7.03. The number of benzene rings is 1. The average Bonchev–Trinajstić information content (AvgIpc) is 2.41. The Morgan fingerprint density at radius 1 is 1.30 bits per heavy atom. The van der Waals surface area contributed by atoms with Gasteiger partial charge in [0.25, 0.3) is 0 Å². The number of ether oxygens (including phenoxy) is 1. The van der Waals surface area contributed by atoms with Crippen LogP contribution in [0.5, 0.6) is 0 Å². The van der Waals surface area contributed by atoms with Gasteiger partial charge in [0.05, 0.1) is 6.61 Å². The van der Waals surface area contributed by atoms with E-state index in [4.69, 9.17) is 4.74 Å². The van der Waals surface area contributed by atoms with Crippen molar-refractivity contribution in [3.63, 3.8) is 0 Å².